The Morgan fingerprint density at radius 1 is 0.523 bits per heavy atom. The second-order valence-corrected chi connectivity index (χ2v) is 13.7. The fourth-order valence-electron chi connectivity index (χ4n) is 6.18. The number of amides is 1. The smallest absolute Gasteiger partial charge is 0.220 e. The summed E-state index contributed by atoms with van der Waals surface area (Å²) in [5, 5.41) is 22.9. The quantitative estimate of drug-likeness (QED) is 0.0481. The lowest BCUT2D eigenvalue weighted by molar-refractivity contribution is -0.123. The van der Waals surface area contributed by atoms with Crippen molar-refractivity contribution < 1.29 is 15.0 Å². The van der Waals surface area contributed by atoms with Crippen LogP contribution in [0, 0.1) is 0 Å². The van der Waals surface area contributed by atoms with Gasteiger partial charge in [-0.2, -0.15) is 0 Å². The van der Waals surface area contributed by atoms with E-state index < -0.39 is 12.1 Å². The zero-order valence-electron chi connectivity index (χ0n) is 29.9. The van der Waals surface area contributed by atoms with Crippen molar-refractivity contribution in [3.63, 3.8) is 0 Å². The van der Waals surface area contributed by atoms with Crippen LogP contribution in [-0.4, -0.2) is 34.9 Å². The van der Waals surface area contributed by atoms with Crippen LogP contribution in [0.1, 0.15) is 219 Å². The Morgan fingerprint density at radius 3 is 1.18 bits per heavy atom. The van der Waals surface area contributed by atoms with Crippen molar-refractivity contribution in [1.82, 2.24) is 5.32 Å². The van der Waals surface area contributed by atoms with Gasteiger partial charge in [0.25, 0.3) is 0 Å². The van der Waals surface area contributed by atoms with E-state index in [1.807, 2.05) is 6.08 Å². The summed E-state index contributed by atoms with van der Waals surface area (Å²) in [7, 11) is 0. The lowest BCUT2D eigenvalue weighted by atomic mass is 10.0. The van der Waals surface area contributed by atoms with Crippen LogP contribution in [0.4, 0.5) is 0 Å². The molecule has 0 aliphatic carbocycles. The molecule has 1 amide bonds. The highest BCUT2D eigenvalue weighted by Crippen LogP contribution is 2.15. The van der Waals surface area contributed by atoms with Crippen molar-refractivity contribution in [3.8, 4) is 0 Å². The number of carbonyl (C=O) groups is 1. The van der Waals surface area contributed by atoms with Gasteiger partial charge in [0.15, 0.2) is 0 Å². The monoisotopic (exact) mass is 622 g/mol. The van der Waals surface area contributed by atoms with Gasteiger partial charge in [0.2, 0.25) is 5.91 Å². The number of hydrogen-bond donors (Lipinski definition) is 3. The van der Waals surface area contributed by atoms with Crippen LogP contribution in [0.2, 0.25) is 0 Å². The van der Waals surface area contributed by atoms with Gasteiger partial charge in [-0.3, -0.25) is 4.79 Å². The third-order valence-corrected chi connectivity index (χ3v) is 9.27. The Kier molecular flexibility index (Phi) is 35.9. The number of carbonyl (C=O) groups excluding carboxylic acids is 1. The van der Waals surface area contributed by atoms with E-state index in [4.69, 9.17) is 0 Å². The zero-order chi connectivity index (χ0) is 32.2. The maximum Gasteiger partial charge on any atom is 0.220 e. The molecule has 44 heavy (non-hydrogen) atoms. The average Bonchev–Trinajstić information content (AvgIpc) is 3.03. The fourth-order valence-corrected chi connectivity index (χ4v) is 6.18. The molecule has 2 atom stereocenters. The van der Waals surface area contributed by atoms with Crippen molar-refractivity contribution >= 4 is 5.91 Å². The van der Waals surface area contributed by atoms with Gasteiger partial charge in [-0.1, -0.05) is 206 Å². The predicted octanol–water partition coefficient (Wildman–Crippen LogP) is 11.9. The molecule has 0 radical (unpaired) electrons. The molecule has 0 aromatic heterocycles. The van der Waals surface area contributed by atoms with Gasteiger partial charge in [-0.05, 0) is 19.3 Å². The zero-order valence-corrected chi connectivity index (χ0v) is 29.9. The molecule has 0 saturated carbocycles. The predicted molar refractivity (Wildman–Crippen MR) is 193 cm³/mol. The first kappa shape index (κ1) is 43.1. The molecule has 262 valence electrons. The molecule has 2 unspecified atom stereocenters. The summed E-state index contributed by atoms with van der Waals surface area (Å²) in [6.07, 6.45) is 44.5. The van der Waals surface area contributed by atoms with Gasteiger partial charge in [0, 0.05) is 6.42 Å². The largest absolute Gasteiger partial charge is 0.394 e. The lowest BCUT2D eigenvalue weighted by Gasteiger charge is -2.20. The first-order chi connectivity index (χ1) is 21.7. The normalized spacial score (nSPS) is 13.1. The van der Waals surface area contributed by atoms with Crippen molar-refractivity contribution in [2.24, 2.45) is 0 Å². The minimum absolute atomic E-state index is 0.0613. The van der Waals surface area contributed by atoms with Crippen LogP contribution in [0.25, 0.3) is 0 Å². The number of aliphatic hydroxyl groups excluding tert-OH is 2. The fraction of sp³-hybridized carbons (Fsp3) is 0.925. The SMILES string of the molecule is CCCCCCCCCCCCCC=CC(O)C(CO)NC(=O)CCCCCCCCCCCCCCCCCCCCC. The molecule has 0 saturated heterocycles. The molecule has 0 rings (SSSR count). The topological polar surface area (TPSA) is 69.6 Å². The summed E-state index contributed by atoms with van der Waals surface area (Å²) in [5.74, 6) is -0.0613. The van der Waals surface area contributed by atoms with E-state index in [9.17, 15) is 15.0 Å². The number of nitrogens with one attached hydrogen (secondary N) is 1. The molecule has 0 bridgehead atoms. The van der Waals surface area contributed by atoms with Gasteiger partial charge in [0.05, 0.1) is 18.8 Å². The molecular formula is C40H79NO3. The molecular weight excluding hydrogens is 542 g/mol. The van der Waals surface area contributed by atoms with Crippen LogP contribution < -0.4 is 5.32 Å². The van der Waals surface area contributed by atoms with Crippen LogP contribution in [0.3, 0.4) is 0 Å². The molecule has 4 heteroatoms. The summed E-state index contributed by atoms with van der Waals surface area (Å²) >= 11 is 0. The Hall–Kier alpha value is -0.870. The van der Waals surface area contributed by atoms with E-state index in [1.54, 1.807) is 6.08 Å². The van der Waals surface area contributed by atoms with E-state index in [1.165, 1.54) is 173 Å². The first-order valence-electron chi connectivity index (χ1n) is 19.9. The first-order valence-corrected chi connectivity index (χ1v) is 19.9. The molecule has 0 fully saturated rings. The molecule has 0 aromatic rings. The highest BCUT2D eigenvalue weighted by atomic mass is 16.3. The Morgan fingerprint density at radius 2 is 0.841 bits per heavy atom. The van der Waals surface area contributed by atoms with Gasteiger partial charge < -0.3 is 15.5 Å². The van der Waals surface area contributed by atoms with Gasteiger partial charge in [0.1, 0.15) is 0 Å². The van der Waals surface area contributed by atoms with Gasteiger partial charge >= 0.3 is 0 Å². The Balaban J connectivity index is 3.54. The van der Waals surface area contributed by atoms with Crippen LogP contribution in [0.15, 0.2) is 12.2 Å². The standard InChI is InChI=1S/C40H79NO3/c1-3-5-7-9-11-13-15-17-18-19-20-21-22-24-26-28-30-32-34-36-40(44)41-38(37-42)39(43)35-33-31-29-27-25-23-16-14-12-10-8-6-4-2/h33,35,38-39,42-43H,3-32,34,36-37H2,1-2H3,(H,41,44). The average molecular weight is 622 g/mol. The maximum absolute atomic E-state index is 12.3. The van der Waals surface area contributed by atoms with E-state index in [-0.39, 0.29) is 12.5 Å². The number of aliphatic hydroxyl groups is 2. The lowest BCUT2D eigenvalue weighted by Crippen LogP contribution is -2.45. The number of rotatable bonds is 36. The molecule has 0 aliphatic rings. The van der Waals surface area contributed by atoms with E-state index in [0.717, 1.165) is 25.7 Å². The number of unbranched alkanes of at least 4 members (excludes halogenated alkanes) is 29. The summed E-state index contributed by atoms with van der Waals surface area (Å²) in [4.78, 5) is 12.3. The maximum atomic E-state index is 12.3. The van der Waals surface area contributed by atoms with E-state index in [0.29, 0.717) is 6.42 Å². The molecule has 0 aromatic carbocycles. The highest BCUT2D eigenvalue weighted by Gasteiger charge is 2.17. The van der Waals surface area contributed by atoms with Gasteiger partial charge in [-0.25, -0.2) is 0 Å². The van der Waals surface area contributed by atoms with Crippen LogP contribution in [-0.2, 0) is 4.79 Å². The van der Waals surface area contributed by atoms with Gasteiger partial charge in [-0.15, -0.1) is 0 Å². The van der Waals surface area contributed by atoms with Crippen molar-refractivity contribution in [3.05, 3.63) is 12.2 Å². The second kappa shape index (κ2) is 36.6. The van der Waals surface area contributed by atoms with Crippen LogP contribution in [0.5, 0.6) is 0 Å². The molecule has 3 N–H and O–H groups in total. The second-order valence-electron chi connectivity index (χ2n) is 13.7. The molecule has 0 aliphatic heterocycles. The van der Waals surface area contributed by atoms with Crippen molar-refractivity contribution in [1.29, 1.82) is 0 Å². The minimum Gasteiger partial charge on any atom is -0.394 e. The molecule has 0 spiro atoms. The summed E-state index contributed by atoms with van der Waals surface area (Å²) in [6.45, 7) is 4.31. The summed E-state index contributed by atoms with van der Waals surface area (Å²) in [6, 6.07) is -0.614. The van der Waals surface area contributed by atoms with Crippen LogP contribution >= 0.6 is 0 Å². The number of hydrogen-bond acceptors (Lipinski definition) is 3. The molecule has 4 nitrogen and oxygen atoms in total. The number of allylic oxidation sites excluding steroid dienone is 1. The third kappa shape index (κ3) is 32.5. The van der Waals surface area contributed by atoms with E-state index in [2.05, 4.69) is 19.2 Å². The molecule has 0 heterocycles. The third-order valence-electron chi connectivity index (χ3n) is 9.27. The Labute approximate surface area is 276 Å². The summed E-state index contributed by atoms with van der Waals surface area (Å²) in [5.41, 5.74) is 0. The highest BCUT2D eigenvalue weighted by molar-refractivity contribution is 5.76. The summed E-state index contributed by atoms with van der Waals surface area (Å²) < 4.78 is 0. The minimum atomic E-state index is -0.832. The van der Waals surface area contributed by atoms with Crippen molar-refractivity contribution in [2.45, 2.75) is 231 Å². The van der Waals surface area contributed by atoms with E-state index >= 15 is 0 Å². The van der Waals surface area contributed by atoms with Crippen molar-refractivity contribution in [2.75, 3.05) is 6.61 Å². The Bertz CT molecular complexity index is 593.